The summed E-state index contributed by atoms with van der Waals surface area (Å²) in [4.78, 5) is 8.89. The quantitative estimate of drug-likeness (QED) is 0.421. The van der Waals surface area contributed by atoms with E-state index < -0.39 is 5.97 Å². The Morgan fingerprint density at radius 3 is 1.80 bits per heavy atom. The van der Waals surface area contributed by atoms with Gasteiger partial charge in [-0.2, -0.15) is 0 Å². The van der Waals surface area contributed by atoms with E-state index in [-0.39, 0.29) is 17.0 Å². The average Bonchev–Trinajstić information content (AvgIpc) is 0.811. The minimum absolute atomic E-state index is 0. The number of hydrogen-bond donors (Lipinski definition) is 0. The second-order valence-electron chi connectivity index (χ2n) is 0.492. The normalized spacial score (nSPS) is 5.00. The highest BCUT2D eigenvalue weighted by Gasteiger charge is 1.46. The maximum Gasteiger partial charge on any atom is 1.00 e. The number of hydrogen-bond acceptors (Lipinski definition) is 2. The van der Waals surface area contributed by atoms with Crippen LogP contribution in [0.15, 0.2) is 0 Å². The topological polar surface area (TPSA) is 40.1 Å². The van der Waals surface area contributed by atoms with Gasteiger partial charge in [-0.3, -0.25) is 0 Å². The zero-order chi connectivity index (χ0) is 3.58. The van der Waals surface area contributed by atoms with Gasteiger partial charge in [0, 0.05) is 5.97 Å². The number of carbonyl (C=O) groups excluding carboxylic acids is 1. The highest BCUT2D eigenvalue weighted by Crippen LogP contribution is 1.31. The van der Waals surface area contributed by atoms with Gasteiger partial charge in [-0.1, -0.05) is 0 Å². The van der Waals surface area contributed by atoms with Gasteiger partial charge in [-0.25, -0.2) is 0 Å². The predicted molar refractivity (Wildman–Crippen MR) is 10.7 cm³/mol. The third-order valence-electron chi connectivity index (χ3n) is 0. The lowest BCUT2D eigenvalue weighted by molar-refractivity contribution is -0.302. The van der Waals surface area contributed by atoms with Crippen LogP contribution in [0.1, 0.15) is 6.92 Å². The molecule has 0 aromatic carbocycles. The van der Waals surface area contributed by atoms with Crippen LogP contribution in [0.4, 0.5) is 0 Å². The lowest BCUT2D eigenvalue weighted by Gasteiger charge is -1.77. The lowest BCUT2D eigenvalue weighted by atomic mass is 10.9. The van der Waals surface area contributed by atoms with Crippen LogP contribution in [-0.4, -0.2) is 5.97 Å². The molecule has 30 valence electrons. The first-order valence-corrected chi connectivity index (χ1v) is 0.908. The number of carbonyl (C=O) groups is 1. The van der Waals surface area contributed by atoms with Crippen LogP contribution >= 0.6 is 0 Å². The molecule has 0 saturated heterocycles. The molecule has 0 atom stereocenters. The largest absolute Gasteiger partial charge is 1.00 e. The van der Waals surface area contributed by atoms with Crippen LogP contribution in [0.25, 0.3) is 0 Å². The number of rotatable bonds is 0. The summed E-state index contributed by atoms with van der Waals surface area (Å²) in [6.45, 7) is 0.972. The van der Waals surface area contributed by atoms with E-state index in [4.69, 9.17) is 9.90 Å². The number of carboxylic acid groups (broad SMARTS) is 1. The van der Waals surface area contributed by atoms with E-state index in [0.717, 1.165) is 6.92 Å². The molecule has 0 saturated carbocycles. The van der Waals surface area contributed by atoms with Crippen LogP contribution in [-0.2, 0) is 4.79 Å². The maximum atomic E-state index is 8.89. The molecule has 0 heterocycles. The third-order valence-corrected chi connectivity index (χ3v) is 0. The molecule has 3 heteroatoms. The zero-order valence-electron chi connectivity index (χ0n) is 2.69. The fourth-order valence-corrected chi connectivity index (χ4v) is 0. The van der Waals surface area contributed by atoms with Crippen molar-refractivity contribution in [1.29, 1.82) is 0 Å². The summed E-state index contributed by atoms with van der Waals surface area (Å²) in [5, 5.41) is 8.89. The molecule has 0 aromatic heterocycles. The molecule has 0 aliphatic carbocycles. The standard InChI is InChI=1S/C2H4O2.Br/c1-2(3)4;/h1H3,(H,3,4);/q;+1/p-1. The van der Waals surface area contributed by atoms with E-state index in [1.807, 2.05) is 0 Å². The molecule has 0 aliphatic heterocycles. The number of halogens is 1. The molecule has 0 aliphatic rings. The van der Waals surface area contributed by atoms with Gasteiger partial charge in [-0.15, -0.1) is 0 Å². The molecule has 0 bridgehead atoms. The lowest BCUT2D eigenvalue weighted by Crippen LogP contribution is -2.16. The summed E-state index contributed by atoms with van der Waals surface area (Å²) in [5.41, 5.74) is 0. The summed E-state index contributed by atoms with van der Waals surface area (Å²) in [5.74, 6) is -1.08. The Kier molecular flexibility index (Phi) is 7.01. The van der Waals surface area contributed by atoms with E-state index >= 15 is 0 Å². The van der Waals surface area contributed by atoms with Crippen molar-refractivity contribution >= 4 is 5.97 Å². The molecular formula is C2H3BrO2. The molecule has 5 heavy (non-hydrogen) atoms. The number of carboxylic acids is 1. The average molecular weight is 139 g/mol. The molecule has 0 amide bonds. The molecule has 0 rings (SSSR count). The molecule has 0 N–H and O–H groups in total. The molecule has 0 spiro atoms. The van der Waals surface area contributed by atoms with Crippen molar-refractivity contribution in [3.05, 3.63) is 0 Å². The Balaban J connectivity index is 0. The van der Waals surface area contributed by atoms with Gasteiger partial charge in [0.15, 0.2) is 0 Å². The Hall–Kier alpha value is -0.0500. The third kappa shape index (κ3) is 6010. The SMILES string of the molecule is CC(=O)[O-].[Br+]. The first kappa shape index (κ1) is 8.87. The van der Waals surface area contributed by atoms with Gasteiger partial charge in [0.05, 0.1) is 0 Å². The summed E-state index contributed by atoms with van der Waals surface area (Å²) in [7, 11) is 0. The van der Waals surface area contributed by atoms with Crippen LogP contribution in [0, 0.1) is 17.0 Å². The fraction of sp³-hybridized carbons (Fsp3) is 0.500. The van der Waals surface area contributed by atoms with Gasteiger partial charge >= 0.3 is 17.0 Å². The van der Waals surface area contributed by atoms with Gasteiger partial charge in [0.25, 0.3) is 0 Å². The Bertz CT molecular complexity index is 30.6. The van der Waals surface area contributed by atoms with E-state index in [9.17, 15) is 0 Å². The van der Waals surface area contributed by atoms with E-state index in [0.29, 0.717) is 0 Å². The Morgan fingerprint density at radius 1 is 1.80 bits per heavy atom. The number of aliphatic carboxylic acids is 1. The maximum absolute atomic E-state index is 8.89. The van der Waals surface area contributed by atoms with E-state index in [1.165, 1.54) is 0 Å². The molecule has 0 unspecified atom stereocenters. The van der Waals surface area contributed by atoms with Crippen molar-refractivity contribution in [2.45, 2.75) is 6.92 Å². The van der Waals surface area contributed by atoms with Gasteiger partial charge < -0.3 is 9.90 Å². The monoisotopic (exact) mass is 138 g/mol. The summed E-state index contributed by atoms with van der Waals surface area (Å²) in [6.07, 6.45) is 0. The first-order chi connectivity index (χ1) is 1.73. The van der Waals surface area contributed by atoms with Crippen molar-refractivity contribution in [1.82, 2.24) is 0 Å². The summed E-state index contributed by atoms with van der Waals surface area (Å²) in [6, 6.07) is 0. The molecule has 2 radical (unpaired) electrons. The van der Waals surface area contributed by atoms with Crippen LogP contribution in [0.2, 0.25) is 0 Å². The Morgan fingerprint density at radius 2 is 1.80 bits per heavy atom. The summed E-state index contributed by atoms with van der Waals surface area (Å²) >= 11 is 0. The van der Waals surface area contributed by atoms with E-state index in [1.54, 1.807) is 0 Å². The van der Waals surface area contributed by atoms with Crippen molar-refractivity contribution < 1.29 is 26.9 Å². The van der Waals surface area contributed by atoms with Crippen molar-refractivity contribution in [2.24, 2.45) is 0 Å². The second-order valence-corrected chi connectivity index (χ2v) is 0.492. The highest BCUT2D eigenvalue weighted by molar-refractivity contribution is 5.60. The molecule has 0 fully saturated rings. The minimum atomic E-state index is -1.08. The second kappa shape index (κ2) is 3.95. The smallest absolute Gasteiger partial charge is 0.550 e. The van der Waals surface area contributed by atoms with Crippen LogP contribution in [0.3, 0.4) is 0 Å². The van der Waals surface area contributed by atoms with Crippen molar-refractivity contribution in [3.63, 3.8) is 0 Å². The van der Waals surface area contributed by atoms with Gasteiger partial charge in [-0.05, 0) is 6.92 Å². The molecule has 2 nitrogen and oxygen atoms in total. The van der Waals surface area contributed by atoms with Crippen molar-refractivity contribution in [3.8, 4) is 0 Å². The summed E-state index contributed by atoms with van der Waals surface area (Å²) < 4.78 is 0. The van der Waals surface area contributed by atoms with Gasteiger partial charge in [0.2, 0.25) is 0 Å². The highest BCUT2D eigenvalue weighted by atomic mass is 79.9. The van der Waals surface area contributed by atoms with Crippen molar-refractivity contribution in [2.75, 3.05) is 0 Å². The van der Waals surface area contributed by atoms with Crippen LogP contribution in [0.5, 0.6) is 0 Å². The van der Waals surface area contributed by atoms with Crippen LogP contribution < -0.4 is 5.11 Å². The predicted octanol–water partition coefficient (Wildman–Crippen LogP) is -1.24. The minimum Gasteiger partial charge on any atom is -0.550 e. The fourth-order valence-electron chi connectivity index (χ4n) is 0. The van der Waals surface area contributed by atoms with E-state index in [2.05, 4.69) is 0 Å². The molecular weight excluding hydrogens is 136 g/mol. The molecule has 0 aromatic rings. The Labute approximate surface area is 40.6 Å². The zero-order valence-corrected chi connectivity index (χ0v) is 4.28. The first-order valence-electron chi connectivity index (χ1n) is 0.908. The van der Waals surface area contributed by atoms with Gasteiger partial charge in [0.1, 0.15) is 0 Å².